The summed E-state index contributed by atoms with van der Waals surface area (Å²) in [5, 5.41) is 5.23. The lowest BCUT2D eigenvalue weighted by Gasteiger charge is -2.06. The number of nitrogens with zero attached hydrogens (tertiary/aromatic N) is 2. The van der Waals surface area contributed by atoms with Crippen molar-refractivity contribution >= 4 is 53.4 Å². The zero-order chi connectivity index (χ0) is 20.3. The topological polar surface area (TPSA) is 104 Å². The Balaban J connectivity index is 2.13. The second-order valence-corrected chi connectivity index (χ2v) is 9.32. The summed E-state index contributed by atoms with van der Waals surface area (Å²) in [6, 6.07) is 11.6. The molecule has 28 heavy (non-hydrogen) atoms. The van der Waals surface area contributed by atoms with Crippen LogP contribution < -0.4 is 9.94 Å². The predicted molar refractivity (Wildman–Crippen MR) is 112 cm³/mol. The number of hydrogen-bond donors (Lipinski definition) is 1. The molecule has 0 atom stereocenters. The highest BCUT2D eigenvalue weighted by molar-refractivity contribution is 9.10. The van der Waals surface area contributed by atoms with Crippen LogP contribution in [0.25, 0.3) is 10.2 Å². The Labute approximate surface area is 174 Å². The third kappa shape index (κ3) is 4.76. The van der Waals surface area contributed by atoms with Gasteiger partial charge in [0.05, 0.1) is 21.7 Å². The van der Waals surface area contributed by atoms with Gasteiger partial charge in [-0.1, -0.05) is 33.3 Å². The van der Waals surface area contributed by atoms with E-state index in [0.717, 1.165) is 9.99 Å². The van der Waals surface area contributed by atoms with E-state index in [4.69, 9.17) is 9.88 Å². The molecule has 0 fully saturated rings. The zero-order valence-corrected chi connectivity index (χ0v) is 18.2. The molecule has 0 spiro atoms. The van der Waals surface area contributed by atoms with Crippen molar-refractivity contribution in [2.45, 2.75) is 18.4 Å². The van der Waals surface area contributed by atoms with Gasteiger partial charge in [-0.05, 0) is 43.3 Å². The maximum absolute atomic E-state index is 12.6. The van der Waals surface area contributed by atoms with E-state index >= 15 is 0 Å². The maximum Gasteiger partial charge on any atom is 0.279 e. The van der Waals surface area contributed by atoms with Crippen LogP contribution in [-0.2, 0) is 21.3 Å². The number of sulfonamides is 1. The van der Waals surface area contributed by atoms with Crippen LogP contribution in [0.1, 0.15) is 17.3 Å². The van der Waals surface area contributed by atoms with Crippen LogP contribution in [0.5, 0.6) is 0 Å². The second-order valence-electron chi connectivity index (χ2n) is 5.84. The molecule has 2 aromatic carbocycles. The number of carbonyl (C=O) groups is 1. The lowest BCUT2D eigenvalue weighted by Crippen LogP contribution is -2.19. The average molecular weight is 484 g/mol. The van der Waals surface area contributed by atoms with E-state index in [2.05, 4.69) is 20.9 Å². The molecule has 1 aromatic heterocycles. The van der Waals surface area contributed by atoms with Crippen LogP contribution in [-0.4, -0.2) is 32.1 Å². The number of carbonyl (C=O) groups excluding carboxylic acids is 1. The number of fused-ring (bicyclic) bond motifs is 1. The smallest absolute Gasteiger partial charge is 0.279 e. The Bertz CT molecular complexity index is 1200. The molecule has 148 valence electrons. The fraction of sp³-hybridized carbons (Fsp3) is 0.222. The summed E-state index contributed by atoms with van der Waals surface area (Å²) in [5.41, 5.74) is 1.21. The molecule has 3 rings (SSSR count). The molecular weight excluding hydrogens is 466 g/mol. The Morgan fingerprint density at radius 2 is 2.07 bits per heavy atom. The van der Waals surface area contributed by atoms with E-state index in [0.29, 0.717) is 34.8 Å². The van der Waals surface area contributed by atoms with Crippen LogP contribution in [0.15, 0.2) is 56.8 Å². The highest BCUT2D eigenvalue weighted by Crippen LogP contribution is 2.21. The Hall–Kier alpha value is -1.85. The quantitative estimate of drug-likeness (QED) is 0.544. The predicted octanol–water partition coefficient (Wildman–Crippen LogP) is 2.89. The van der Waals surface area contributed by atoms with Crippen molar-refractivity contribution in [3.8, 4) is 0 Å². The van der Waals surface area contributed by atoms with Crippen molar-refractivity contribution in [1.29, 1.82) is 0 Å². The first-order valence-electron chi connectivity index (χ1n) is 8.38. The lowest BCUT2D eigenvalue weighted by molar-refractivity contribution is 0.0996. The Morgan fingerprint density at radius 3 is 2.75 bits per heavy atom. The van der Waals surface area contributed by atoms with Gasteiger partial charge in [-0.15, -0.1) is 0 Å². The van der Waals surface area contributed by atoms with Gasteiger partial charge in [0.1, 0.15) is 0 Å². The third-order valence-electron chi connectivity index (χ3n) is 3.91. The van der Waals surface area contributed by atoms with Crippen LogP contribution in [0.3, 0.4) is 0 Å². The number of nitrogens with two attached hydrogens (primary N) is 1. The summed E-state index contributed by atoms with van der Waals surface area (Å²) in [5.74, 6) is -0.385. The molecular formula is C18H18BrN3O4S2. The summed E-state index contributed by atoms with van der Waals surface area (Å²) >= 11 is 4.57. The number of rotatable bonds is 6. The van der Waals surface area contributed by atoms with Crippen molar-refractivity contribution < 1.29 is 17.9 Å². The van der Waals surface area contributed by atoms with Gasteiger partial charge < -0.3 is 9.30 Å². The standard InChI is InChI=1S/C18H18BrN3O4S2/c1-2-26-9-8-22-15-7-6-14(28(20,24)25)11-16(15)27-18(22)21-17(23)12-4-3-5-13(19)10-12/h3-7,10-11H,2,8-9H2,1H3,(H2,20,24,25). The van der Waals surface area contributed by atoms with Crippen LogP contribution >= 0.6 is 27.3 Å². The summed E-state index contributed by atoms with van der Waals surface area (Å²) in [6.07, 6.45) is 0. The number of halogens is 1. The molecule has 3 aromatic rings. The SMILES string of the molecule is CCOCCn1c(=NC(=O)c2cccc(Br)c2)sc2cc(S(N)(=O)=O)ccc21. The number of aromatic nitrogens is 1. The van der Waals surface area contributed by atoms with E-state index in [1.165, 1.54) is 23.5 Å². The number of benzene rings is 2. The Kier molecular flexibility index (Phi) is 6.46. The lowest BCUT2D eigenvalue weighted by atomic mass is 10.2. The van der Waals surface area contributed by atoms with Crippen molar-refractivity contribution in [3.63, 3.8) is 0 Å². The monoisotopic (exact) mass is 483 g/mol. The minimum Gasteiger partial charge on any atom is -0.380 e. The minimum absolute atomic E-state index is 0.0167. The molecule has 0 unspecified atom stereocenters. The number of primary sulfonamides is 1. The van der Waals surface area contributed by atoms with E-state index < -0.39 is 10.0 Å². The average Bonchev–Trinajstić information content (AvgIpc) is 2.97. The zero-order valence-electron chi connectivity index (χ0n) is 15.0. The van der Waals surface area contributed by atoms with Crippen molar-refractivity contribution in [1.82, 2.24) is 4.57 Å². The van der Waals surface area contributed by atoms with Gasteiger partial charge >= 0.3 is 0 Å². The molecule has 0 bridgehead atoms. The van der Waals surface area contributed by atoms with Crippen molar-refractivity contribution in [2.75, 3.05) is 13.2 Å². The Morgan fingerprint density at radius 1 is 1.29 bits per heavy atom. The van der Waals surface area contributed by atoms with Gasteiger partial charge in [-0.3, -0.25) is 4.79 Å². The van der Waals surface area contributed by atoms with Crippen molar-refractivity contribution in [3.05, 3.63) is 57.3 Å². The van der Waals surface area contributed by atoms with Crippen LogP contribution in [0.4, 0.5) is 0 Å². The third-order valence-corrected chi connectivity index (χ3v) is 6.36. The van der Waals surface area contributed by atoms with E-state index in [-0.39, 0.29) is 10.8 Å². The molecule has 2 N–H and O–H groups in total. The van der Waals surface area contributed by atoms with Crippen LogP contribution in [0.2, 0.25) is 0 Å². The normalized spacial score (nSPS) is 12.6. The number of ether oxygens (including phenoxy) is 1. The minimum atomic E-state index is -3.82. The molecule has 10 heteroatoms. The van der Waals surface area contributed by atoms with E-state index in [1.54, 1.807) is 24.3 Å². The first-order chi connectivity index (χ1) is 13.3. The molecule has 1 heterocycles. The largest absolute Gasteiger partial charge is 0.380 e. The van der Waals surface area contributed by atoms with Gasteiger partial charge in [0, 0.05) is 23.2 Å². The van der Waals surface area contributed by atoms with Crippen LogP contribution in [0, 0.1) is 0 Å². The molecule has 0 radical (unpaired) electrons. The molecule has 0 aliphatic rings. The molecule has 1 amide bonds. The van der Waals surface area contributed by atoms with Crippen molar-refractivity contribution in [2.24, 2.45) is 10.1 Å². The number of hydrogen-bond acceptors (Lipinski definition) is 5. The first kappa shape index (κ1) is 20.9. The first-order valence-corrected chi connectivity index (χ1v) is 11.5. The molecule has 0 saturated heterocycles. The fourth-order valence-electron chi connectivity index (χ4n) is 2.61. The summed E-state index contributed by atoms with van der Waals surface area (Å²) in [6.45, 7) is 3.39. The highest BCUT2D eigenvalue weighted by atomic mass is 79.9. The molecule has 7 nitrogen and oxygen atoms in total. The van der Waals surface area contributed by atoms with Gasteiger partial charge in [-0.25, -0.2) is 13.6 Å². The van der Waals surface area contributed by atoms with E-state index in [1.807, 2.05) is 17.6 Å². The molecule has 0 aliphatic heterocycles. The summed E-state index contributed by atoms with van der Waals surface area (Å²) in [4.78, 5) is 17.4. The van der Waals surface area contributed by atoms with Gasteiger partial charge in [0.25, 0.3) is 5.91 Å². The van der Waals surface area contributed by atoms with Gasteiger partial charge in [0.2, 0.25) is 10.0 Å². The van der Waals surface area contributed by atoms with E-state index in [9.17, 15) is 13.2 Å². The molecule has 0 aliphatic carbocycles. The maximum atomic E-state index is 12.6. The van der Waals surface area contributed by atoms with Gasteiger partial charge in [-0.2, -0.15) is 4.99 Å². The fourth-order valence-corrected chi connectivity index (χ4v) is 4.71. The highest BCUT2D eigenvalue weighted by Gasteiger charge is 2.14. The second kappa shape index (κ2) is 8.66. The molecule has 0 saturated carbocycles. The summed E-state index contributed by atoms with van der Waals surface area (Å²) < 4.78 is 32.0. The number of amides is 1. The number of thiazole rings is 1. The summed E-state index contributed by atoms with van der Waals surface area (Å²) in [7, 11) is -3.82. The van der Waals surface area contributed by atoms with Gasteiger partial charge in [0.15, 0.2) is 4.80 Å².